The van der Waals surface area contributed by atoms with Crippen LogP contribution in [0.1, 0.15) is 66.7 Å². The number of rotatable bonds is 4. The molecule has 114 valence electrons. The number of hydrogen-bond acceptors (Lipinski definition) is 1. The monoisotopic (exact) mass is 276 g/mol. The Bertz CT molecular complexity index is 381. The maximum Gasteiger partial charge on any atom is 0.136 e. The molecule has 0 aromatic carbocycles. The van der Waals surface area contributed by atoms with Gasteiger partial charge in [0.05, 0.1) is 0 Å². The molecular formula is C19H32O. The molecule has 0 aromatic rings. The van der Waals surface area contributed by atoms with E-state index in [1.165, 1.54) is 12.8 Å². The van der Waals surface area contributed by atoms with E-state index in [-0.39, 0.29) is 5.41 Å². The first kappa shape index (κ1) is 15.8. The van der Waals surface area contributed by atoms with Gasteiger partial charge >= 0.3 is 0 Å². The third kappa shape index (κ3) is 2.87. The maximum absolute atomic E-state index is 12.2. The molecule has 0 heterocycles. The van der Waals surface area contributed by atoms with Crippen molar-refractivity contribution in [2.24, 2.45) is 35.0 Å². The summed E-state index contributed by atoms with van der Waals surface area (Å²) in [4.78, 5) is 12.2. The average Bonchev–Trinajstić information content (AvgIpc) is 2.74. The van der Waals surface area contributed by atoms with E-state index in [0.29, 0.717) is 35.4 Å². The third-order valence-electron chi connectivity index (χ3n) is 6.34. The first-order valence-corrected chi connectivity index (χ1v) is 8.57. The Labute approximate surface area is 125 Å². The zero-order chi connectivity index (χ0) is 14.9. The Morgan fingerprint density at radius 3 is 2.50 bits per heavy atom. The molecule has 2 saturated carbocycles. The molecule has 4 unspecified atom stereocenters. The summed E-state index contributed by atoms with van der Waals surface area (Å²) in [6.07, 6.45) is 10.4. The molecule has 0 aromatic heterocycles. The molecule has 0 amide bonds. The molecule has 2 rings (SSSR count). The predicted molar refractivity (Wildman–Crippen MR) is 85.5 cm³/mol. The van der Waals surface area contributed by atoms with E-state index >= 15 is 0 Å². The fraction of sp³-hybridized carbons (Fsp3) is 0.842. The topological polar surface area (TPSA) is 17.1 Å². The molecule has 1 heteroatoms. The smallest absolute Gasteiger partial charge is 0.136 e. The minimum absolute atomic E-state index is 0.278. The van der Waals surface area contributed by atoms with Crippen LogP contribution in [-0.2, 0) is 4.79 Å². The average molecular weight is 276 g/mol. The lowest BCUT2D eigenvalue weighted by molar-refractivity contribution is -0.129. The van der Waals surface area contributed by atoms with E-state index in [0.717, 1.165) is 19.3 Å². The summed E-state index contributed by atoms with van der Waals surface area (Å²) in [7, 11) is 0. The number of fused-ring (bicyclic) bond motifs is 1. The molecule has 0 aliphatic heterocycles. The standard InChI is InChI=1S/C19H32O/c1-13(2)14(3)8-9-15(4)16-10-11-17-18(20)7-6-12-19(16,17)5/h8-9,13-17H,6-7,10-12H2,1-5H3/t14?,15?,16?,17?,19-/m1/s1. The van der Waals surface area contributed by atoms with E-state index in [2.05, 4.69) is 46.8 Å². The molecule has 0 N–H and O–H groups in total. The Morgan fingerprint density at radius 2 is 1.85 bits per heavy atom. The van der Waals surface area contributed by atoms with Gasteiger partial charge in [-0.3, -0.25) is 4.79 Å². The number of Topliss-reactive ketones (excluding diaryl/α,β-unsaturated/α-hetero) is 1. The van der Waals surface area contributed by atoms with Gasteiger partial charge < -0.3 is 0 Å². The zero-order valence-electron chi connectivity index (χ0n) is 14.0. The molecule has 2 aliphatic carbocycles. The normalized spacial score (nSPS) is 37.4. The molecule has 0 bridgehead atoms. The van der Waals surface area contributed by atoms with Gasteiger partial charge in [-0.15, -0.1) is 0 Å². The molecule has 1 nitrogen and oxygen atoms in total. The lowest BCUT2D eigenvalue weighted by Crippen LogP contribution is -2.39. The largest absolute Gasteiger partial charge is 0.299 e. The summed E-state index contributed by atoms with van der Waals surface area (Å²) in [5, 5.41) is 0. The highest BCUT2D eigenvalue weighted by Crippen LogP contribution is 2.56. The number of allylic oxidation sites excluding steroid dienone is 2. The summed E-state index contributed by atoms with van der Waals surface area (Å²) in [6.45, 7) is 11.6. The second kappa shape index (κ2) is 6.03. The SMILES string of the molecule is CC(C)C(C)C=CC(C)C1CCC2C(=O)CCC[C@@]21C. The fourth-order valence-corrected chi connectivity index (χ4v) is 4.54. The Hall–Kier alpha value is -0.590. The summed E-state index contributed by atoms with van der Waals surface area (Å²) in [5.74, 6) is 3.58. The minimum atomic E-state index is 0.278. The van der Waals surface area contributed by atoms with E-state index in [1.807, 2.05) is 0 Å². The van der Waals surface area contributed by atoms with Crippen LogP contribution in [0.3, 0.4) is 0 Å². The van der Waals surface area contributed by atoms with Crippen molar-refractivity contribution >= 4 is 5.78 Å². The maximum atomic E-state index is 12.2. The van der Waals surface area contributed by atoms with Gasteiger partial charge in [0.25, 0.3) is 0 Å². The van der Waals surface area contributed by atoms with Gasteiger partial charge in [0.2, 0.25) is 0 Å². The number of carbonyl (C=O) groups is 1. The molecule has 0 saturated heterocycles. The van der Waals surface area contributed by atoms with Crippen LogP contribution in [0.2, 0.25) is 0 Å². The van der Waals surface area contributed by atoms with Crippen LogP contribution in [0, 0.1) is 35.0 Å². The predicted octanol–water partition coefficient (Wildman–Crippen LogP) is 5.26. The van der Waals surface area contributed by atoms with Crippen molar-refractivity contribution in [3.8, 4) is 0 Å². The molecule has 5 atom stereocenters. The Morgan fingerprint density at radius 1 is 1.15 bits per heavy atom. The number of carbonyl (C=O) groups excluding carboxylic acids is 1. The van der Waals surface area contributed by atoms with Gasteiger partial charge in [-0.2, -0.15) is 0 Å². The van der Waals surface area contributed by atoms with Crippen LogP contribution in [0.4, 0.5) is 0 Å². The summed E-state index contributed by atoms with van der Waals surface area (Å²) in [6, 6.07) is 0. The molecule has 2 aliphatic rings. The van der Waals surface area contributed by atoms with Crippen molar-refractivity contribution in [3.05, 3.63) is 12.2 Å². The van der Waals surface area contributed by atoms with Crippen molar-refractivity contribution in [2.75, 3.05) is 0 Å². The highest BCUT2D eigenvalue weighted by Gasteiger charge is 2.51. The van der Waals surface area contributed by atoms with Gasteiger partial charge in [0, 0.05) is 12.3 Å². The van der Waals surface area contributed by atoms with Gasteiger partial charge in [0.15, 0.2) is 0 Å². The van der Waals surface area contributed by atoms with Gasteiger partial charge in [0.1, 0.15) is 5.78 Å². The molecule has 20 heavy (non-hydrogen) atoms. The van der Waals surface area contributed by atoms with Crippen molar-refractivity contribution in [2.45, 2.75) is 66.7 Å². The molecular weight excluding hydrogens is 244 g/mol. The number of hydrogen-bond donors (Lipinski definition) is 0. The van der Waals surface area contributed by atoms with Crippen LogP contribution in [0.5, 0.6) is 0 Å². The molecule has 0 spiro atoms. The Kier molecular flexibility index (Phi) is 4.76. The second-order valence-electron chi connectivity index (χ2n) is 7.91. The Balaban J connectivity index is 2.07. The van der Waals surface area contributed by atoms with Crippen molar-refractivity contribution in [1.82, 2.24) is 0 Å². The minimum Gasteiger partial charge on any atom is -0.299 e. The number of ketones is 1. The van der Waals surface area contributed by atoms with Gasteiger partial charge in [-0.25, -0.2) is 0 Å². The van der Waals surface area contributed by atoms with E-state index in [1.54, 1.807) is 0 Å². The summed E-state index contributed by atoms with van der Waals surface area (Å²) < 4.78 is 0. The first-order valence-electron chi connectivity index (χ1n) is 8.57. The van der Waals surface area contributed by atoms with Crippen LogP contribution in [-0.4, -0.2) is 5.78 Å². The van der Waals surface area contributed by atoms with Crippen LogP contribution in [0.25, 0.3) is 0 Å². The fourth-order valence-electron chi connectivity index (χ4n) is 4.54. The lowest BCUT2D eigenvalue weighted by Gasteiger charge is -2.41. The summed E-state index contributed by atoms with van der Waals surface area (Å²) >= 11 is 0. The third-order valence-corrected chi connectivity index (χ3v) is 6.34. The van der Waals surface area contributed by atoms with Crippen molar-refractivity contribution < 1.29 is 4.79 Å². The van der Waals surface area contributed by atoms with Crippen molar-refractivity contribution in [1.29, 1.82) is 0 Å². The summed E-state index contributed by atoms with van der Waals surface area (Å²) in [5.41, 5.74) is 0.278. The van der Waals surface area contributed by atoms with Crippen molar-refractivity contribution in [3.63, 3.8) is 0 Å². The highest BCUT2D eigenvalue weighted by molar-refractivity contribution is 5.83. The second-order valence-corrected chi connectivity index (χ2v) is 7.91. The van der Waals surface area contributed by atoms with Crippen LogP contribution in [0.15, 0.2) is 12.2 Å². The molecule has 2 fully saturated rings. The highest BCUT2D eigenvalue weighted by atomic mass is 16.1. The first-order chi connectivity index (χ1) is 9.36. The van der Waals surface area contributed by atoms with Gasteiger partial charge in [-0.1, -0.05) is 46.8 Å². The lowest BCUT2D eigenvalue weighted by atomic mass is 9.62. The zero-order valence-corrected chi connectivity index (χ0v) is 14.0. The molecule has 0 radical (unpaired) electrons. The van der Waals surface area contributed by atoms with Crippen LogP contribution < -0.4 is 0 Å². The van der Waals surface area contributed by atoms with E-state index < -0.39 is 0 Å². The van der Waals surface area contributed by atoms with Gasteiger partial charge in [-0.05, 0) is 54.8 Å². The van der Waals surface area contributed by atoms with E-state index in [9.17, 15) is 4.79 Å². The van der Waals surface area contributed by atoms with Crippen LogP contribution >= 0.6 is 0 Å². The quantitative estimate of drug-likeness (QED) is 0.640. The van der Waals surface area contributed by atoms with E-state index in [4.69, 9.17) is 0 Å².